The minimum Gasteiger partial charge on any atom is -0.296 e. The molecule has 1 aromatic carbocycles. The van der Waals surface area contributed by atoms with E-state index in [2.05, 4.69) is 40.6 Å². The molecule has 35 heavy (non-hydrogen) atoms. The molecule has 1 atom stereocenters. The number of benzene rings is 1. The number of hydrogen-bond acceptors (Lipinski definition) is 4. The molecule has 4 rings (SSSR count). The zero-order valence-electron chi connectivity index (χ0n) is 20.0. The third-order valence-electron chi connectivity index (χ3n) is 5.99. The molecule has 1 unspecified atom stereocenters. The molecule has 5 nitrogen and oxygen atoms in total. The summed E-state index contributed by atoms with van der Waals surface area (Å²) < 4.78 is 1.78. The van der Waals surface area contributed by atoms with Crippen LogP contribution in [0.3, 0.4) is 0 Å². The lowest BCUT2D eigenvalue weighted by atomic mass is 9.97. The number of aryl methyl sites for hydroxylation is 1. The van der Waals surface area contributed by atoms with Gasteiger partial charge >= 0.3 is 0 Å². The molecule has 0 bridgehead atoms. The highest BCUT2D eigenvalue weighted by Gasteiger charge is 2.20. The molecule has 0 saturated heterocycles. The Kier molecular flexibility index (Phi) is 8.14. The highest BCUT2D eigenvalue weighted by molar-refractivity contribution is 6.35. The summed E-state index contributed by atoms with van der Waals surface area (Å²) in [6.07, 6.45) is 9.88. The first-order valence-corrected chi connectivity index (χ1v) is 12.2. The van der Waals surface area contributed by atoms with Crippen LogP contribution in [-0.4, -0.2) is 27.3 Å². The molecule has 0 amide bonds. The zero-order chi connectivity index (χ0) is 24.6. The van der Waals surface area contributed by atoms with Gasteiger partial charge < -0.3 is 0 Å². The first kappa shape index (κ1) is 24.5. The number of rotatable bonds is 3. The Morgan fingerprint density at radius 3 is 2.94 bits per heavy atom. The second-order valence-electron chi connectivity index (χ2n) is 8.42. The quantitative estimate of drug-likeness (QED) is 0.379. The molecular weight excluding hydrogens is 456 g/mol. The van der Waals surface area contributed by atoms with E-state index < -0.39 is 0 Å². The highest BCUT2D eigenvalue weighted by Crippen LogP contribution is 2.25. The number of aromatic nitrogens is 3. The second kappa shape index (κ2) is 11.6. The van der Waals surface area contributed by atoms with Crippen molar-refractivity contribution in [3.8, 4) is 23.7 Å². The number of pyridine rings is 1. The van der Waals surface area contributed by atoms with E-state index in [1.165, 1.54) is 0 Å². The van der Waals surface area contributed by atoms with Crippen molar-refractivity contribution in [2.75, 3.05) is 7.05 Å². The van der Waals surface area contributed by atoms with Crippen LogP contribution in [0.2, 0.25) is 5.02 Å². The van der Waals surface area contributed by atoms with Crippen molar-refractivity contribution in [2.24, 2.45) is 10.9 Å². The van der Waals surface area contributed by atoms with Gasteiger partial charge in [0.2, 0.25) is 0 Å². The summed E-state index contributed by atoms with van der Waals surface area (Å²) in [6, 6.07) is 9.30. The largest absolute Gasteiger partial charge is 0.296 e. The smallest absolute Gasteiger partial charge is 0.262 e. The third kappa shape index (κ3) is 6.07. The van der Waals surface area contributed by atoms with Gasteiger partial charge in [-0.15, -0.1) is 0 Å². The monoisotopic (exact) mass is 482 g/mol. The molecule has 1 aliphatic rings. The van der Waals surface area contributed by atoms with Gasteiger partial charge in [-0.05, 0) is 67.4 Å². The molecule has 2 aromatic heterocycles. The van der Waals surface area contributed by atoms with E-state index in [9.17, 15) is 4.79 Å². The lowest BCUT2D eigenvalue weighted by Gasteiger charge is -2.11. The minimum absolute atomic E-state index is 0.0867. The van der Waals surface area contributed by atoms with Crippen LogP contribution in [0.15, 0.2) is 58.5 Å². The topological polar surface area (TPSA) is 60.1 Å². The molecule has 0 spiro atoms. The Labute approximate surface area is 211 Å². The Hall–Kier alpha value is -3.67. The van der Waals surface area contributed by atoms with Gasteiger partial charge in [0.1, 0.15) is 17.2 Å². The van der Waals surface area contributed by atoms with Gasteiger partial charge in [-0.25, -0.2) is 9.97 Å². The van der Waals surface area contributed by atoms with Gasteiger partial charge in [0.15, 0.2) is 0 Å². The average molecular weight is 483 g/mol. The molecule has 0 N–H and O–H groups in total. The summed E-state index contributed by atoms with van der Waals surface area (Å²) in [6.45, 7) is 2.68. The van der Waals surface area contributed by atoms with E-state index in [4.69, 9.17) is 16.6 Å². The van der Waals surface area contributed by atoms with E-state index in [1.54, 1.807) is 23.9 Å². The predicted octanol–water partition coefficient (Wildman–Crippen LogP) is 5.23. The van der Waals surface area contributed by atoms with Gasteiger partial charge in [0, 0.05) is 38.2 Å². The van der Waals surface area contributed by atoms with Crippen molar-refractivity contribution in [1.29, 1.82) is 0 Å². The van der Waals surface area contributed by atoms with Crippen molar-refractivity contribution in [3.05, 3.63) is 81.1 Å². The maximum atomic E-state index is 13.3. The summed E-state index contributed by atoms with van der Waals surface area (Å²) >= 11 is 6.55. The third-order valence-corrected chi connectivity index (χ3v) is 6.28. The molecular formula is C29H27ClN4O. The number of allylic oxidation sites excluding steroid dienone is 2. The Morgan fingerprint density at radius 1 is 1.29 bits per heavy atom. The maximum absolute atomic E-state index is 13.3. The van der Waals surface area contributed by atoms with Crippen molar-refractivity contribution < 1.29 is 0 Å². The molecule has 3 heterocycles. The SMILES string of the molecule is CC/C=C\C(C#Cc1cc(Cl)c2c(=O)n3c(nc2c1)CCC(CC#Cc1ccccn1)CC3)=NC. The van der Waals surface area contributed by atoms with Crippen LogP contribution in [0.25, 0.3) is 10.9 Å². The standard InChI is InChI=1S/C29H27ClN4O/c1-3-4-9-23(31-2)14-12-22-19-25(30)28-26(20-22)33-27-15-13-21(16-18-34(27)29(28)35)8-7-11-24-10-5-6-17-32-24/h4-6,9-10,17,19-21H,3,8,13,15-16,18H2,1-2H3/b9-4-,31-23?. The van der Waals surface area contributed by atoms with Crippen molar-refractivity contribution >= 4 is 28.2 Å². The molecule has 0 saturated carbocycles. The zero-order valence-corrected chi connectivity index (χ0v) is 20.8. The highest BCUT2D eigenvalue weighted by atomic mass is 35.5. The Morgan fingerprint density at radius 2 is 2.17 bits per heavy atom. The van der Waals surface area contributed by atoms with E-state index in [-0.39, 0.29) is 5.56 Å². The summed E-state index contributed by atoms with van der Waals surface area (Å²) in [5.41, 5.74) is 2.68. The summed E-state index contributed by atoms with van der Waals surface area (Å²) in [4.78, 5) is 26.6. The predicted molar refractivity (Wildman–Crippen MR) is 143 cm³/mol. The molecule has 3 aromatic rings. The van der Waals surface area contributed by atoms with Crippen molar-refractivity contribution in [2.45, 2.75) is 45.6 Å². The van der Waals surface area contributed by atoms with Gasteiger partial charge in [-0.1, -0.05) is 42.5 Å². The molecule has 0 radical (unpaired) electrons. The van der Waals surface area contributed by atoms with Gasteiger partial charge in [0.25, 0.3) is 5.56 Å². The van der Waals surface area contributed by atoms with E-state index >= 15 is 0 Å². The van der Waals surface area contributed by atoms with E-state index in [1.807, 2.05) is 36.4 Å². The van der Waals surface area contributed by atoms with E-state index in [0.29, 0.717) is 39.7 Å². The Bertz CT molecular complexity index is 1460. The molecule has 6 heteroatoms. The number of nitrogens with zero attached hydrogens (tertiary/aromatic N) is 4. The number of hydrogen-bond donors (Lipinski definition) is 0. The summed E-state index contributed by atoms with van der Waals surface area (Å²) in [7, 11) is 1.71. The second-order valence-corrected chi connectivity index (χ2v) is 8.83. The molecule has 176 valence electrons. The molecule has 1 aliphatic heterocycles. The summed E-state index contributed by atoms with van der Waals surface area (Å²) in [5, 5.41) is 0.824. The molecule has 0 aliphatic carbocycles. The van der Waals surface area contributed by atoms with Crippen molar-refractivity contribution in [1.82, 2.24) is 14.5 Å². The first-order valence-electron chi connectivity index (χ1n) is 11.9. The number of aliphatic imine (C=N–C) groups is 1. The number of fused-ring (bicyclic) bond motifs is 2. The molecule has 0 fully saturated rings. The lowest BCUT2D eigenvalue weighted by Crippen LogP contribution is -2.25. The van der Waals surface area contributed by atoms with Gasteiger partial charge in [-0.2, -0.15) is 0 Å². The van der Waals surface area contributed by atoms with Gasteiger partial charge in [-0.3, -0.25) is 14.4 Å². The van der Waals surface area contributed by atoms with Crippen LogP contribution in [-0.2, 0) is 13.0 Å². The van der Waals surface area contributed by atoms with Crippen LogP contribution >= 0.6 is 11.6 Å². The average Bonchev–Trinajstić information content (AvgIpc) is 3.07. The van der Waals surface area contributed by atoms with Crippen LogP contribution in [0.4, 0.5) is 0 Å². The fourth-order valence-electron chi connectivity index (χ4n) is 4.09. The van der Waals surface area contributed by atoms with Crippen molar-refractivity contribution in [3.63, 3.8) is 0 Å². The normalized spacial score (nSPS) is 15.6. The maximum Gasteiger partial charge on any atom is 0.262 e. The van der Waals surface area contributed by atoms with E-state index in [0.717, 1.165) is 43.6 Å². The fraction of sp³-hybridized carbons (Fsp3) is 0.310. The van der Waals surface area contributed by atoms with Gasteiger partial charge in [0.05, 0.1) is 15.9 Å². The lowest BCUT2D eigenvalue weighted by molar-refractivity contribution is 0.455. The minimum atomic E-state index is -0.0867. The van der Waals surface area contributed by atoms with Crippen LogP contribution in [0, 0.1) is 29.6 Å². The van der Waals surface area contributed by atoms with Crippen LogP contribution in [0.5, 0.6) is 0 Å². The summed E-state index contributed by atoms with van der Waals surface area (Å²) in [5.74, 6) is 13.8. The number of halogens is 1. The van der Waals surface area contributed by atoms with Crippen LogP contribution in [0.1, 0.15) is 49.7 Å². The van der Waals surface area contributed by atoms with Crippen LogP contribution < -0.4 is 5.56 Å². The first-order chi connectivity index (χ1) is 17.1. The Balaban J connectivity index is 1.58. The fourth-order valence-corrected chi connectivity index (χ4v) is 4.39.